The van der Waals surface area contributed by atoms with Crippen LogP contribution in [0.2, 0.25) is 0 Å². The van der Waals surface area contributed by atoms with E-state index in [4.69, 9.17) is 0 Å². The number of nitrogens with zero attached hydrogens (tertiary/aromatic N) is 2. The van der Waals surface area contributed by atoms with Crippen molar-refractivity contribution in [2.45, 2.75) is 19.8 Å². The standard InChI is InChI=1S/C20H19N3O2S/c1-2-13-7-3-5-9-16(13)23-12-14(11-18(23)24)19(25)22-20-21-15-8-4-6-10-17(15)26-20/h3-10,14H,2,11-12H2,1H3,(H,21,22,25)/t14-/m1/s1. The lowest BCUT2D eigenvalue weighted by Crippen LogP contribution is -2.28. The summed E-state index contributed by atoms with van der Waals surface area (Å²) in [6.07, 6.45) is 1.08. The fourth-order valence-corrected chi connectivity index (χ4v) is 4.19. The van der Waals surface area contributed by atoms with E-state index < -0.39 is 0 Å². The SMILES string of the molecule is CCc1ccccc1N1C[C@H](C(=O)Nc2nc3ccccc3s2)CC1=O. The van der Waals surface area contributed by atoms with Crippen LogP contribution in [0.1, 0.15) is 18.9 Å². The van der Waals surface area contributed by atoms with Gasteiger partial charge in [-0.2, -0.15) is 0 Å². The molecule has 1 aromatic heterocycles. The average molecular weight is 365 g/mol. The predicted molar refractivity (Wildman–Crippen MR) is 105 cm³/mol. The van der Waals surface area contributed by atoms with Crippen molar-refractivity contribution in [3.63, 3.8) is 0 Å². The Kier molecular flexibility index (Phi) is 4.42. The van der Waals surface area contributed by atoms with Crippen LogP contribution in [0.4, 0.5) is 10.8 Å². The lowest BCUT2D eigenvalue weighted by atomic mass is 10.1. The van der Waals surface area contributed by atoms with E-state index in [0.29, 0.717) is 11.7 Å². The molecule has 0 saturated carbocycles. The van der Waals surface area contributed by atoms with E-state index in [1.807, 2.05) is 48.5 Å². The molecule has 132 valence electrons. The number of benzene rings is 2. The highest BCUT2D eigenvalue weighted by molar-refractivity contribution is 7.22. The number of amides is 2. The van der Waals surface area contributed by atoms with Crippen molar-refractivity contribution in [2.75, 3.05) is 16.8 Å². The molecule has 1 N–H and O–H groups in total. The second-order valence-corrected chi connectivity index (χ2v) is 7.39. The van der Waals surface area contributed by atoms with E-state index in [1.54, 1.807) is 4.90 Å². The third-order valence-corrected chi connectivity index (χ3v) is 5.63. The summed E-state index contributed by atoms with van der Waals surface area (Å²) in [5.41, 5.74) is 2.90. The summed E-state index contributed by atoms with van der Waals surface area (Å²) in [7, 11) is 0. The number of para-hydroxylation sites is 2. The number of hydrogen-bond donors (Lipinski definition) is 1. The van der Waals surface area contributed by atoms with E-state index >= 15 is 0 Å². The molecule has 2 aromatic carbocycles. The summed E-state index contributed by atoms with van der Waals surface area (Å²) >= 11 is 1.45. The van der Waals surface area contributed by atoms with Gasteiger partial charge in [-0.1, -0.05) is 48.6 Å². The van der Waals surface area contributed by atoms with Crippen molar-refractivity contribution in [1.82, 2.24) is 4.98 Å². The average Bonchev–Trinajstić information content (AvgIpc) is 3.24. The summed E-state index contributed by atoms with van der Waals surface area (Å²) in [6, 6.07) is 15.6. The van der Waals surface area contributed by atoms with E-state index in [0.717, 1.165) is 27.9 Å². The largest absolute Gasteiger partial charge is 0.311 e. The molecule has 1 aliphatic heterocycles. The third kappa shape index (κ3) is 3.08. The molecule has 1 fully saturated rings. The Balaban J connectivity index is 1.50. The molecule has 1 atom stereocenters. The zero-order valence-electron chi connectivity index (χ0n) is 14.4. The van der Waals surface area contributed by atoms with Gasteiger partial charge in [0.05, 0.1) is 16.1 Å². The van der Waals surface area contributed by atoms with Crippen LogP contribution in [0.15, 0.2) is 48.5 Å². The summed E-state index contributed by atoms with van der Waals surface area (Å²) < 4.78 is 1.03. The first-order valence-corrected chi connectivity index (χ1v) is 9.52. The summed E-state index contributed by atoms with van der Waals surface area (Å²) in [5, 5.41) is 3.46. The first-order chi connectivity index (χ1) is 12.7. The lowest BCUT2D eigenvalue weighted by Gasteiger charge is -2.19. The minimum absolute atomic E-state index is 0.00431. The Bertz CT molecular complexity index is 949. The number of rotatable bonds is 4. The normalized spacial score (nSPS) is 17.0. The number of anilines is 2. The second-order valence-electron chi connectivity index (χ2n) is 6.36. The summed E-state index contributed by atoms with van der Waals surface area (Å²) in [5.74, 6) is -0.510. The van der Waals surface area contributed by atoms with Gasteiger partial charge in [0.15, 0.2) is 5.13 Å². The maximum absolute atomic E-state index is 12.6. The first-order valence-electron chi connectivity index (χ1n) is 8.70. The van der Waals surface area contributed by atoms with Crippen LogP contribution in [-0.4, -0.2) is 23.3 Å². The molecule has 3 aromatic rings. The van der Waals surface area contributed by atoms with Crippen LogP contribution in [-0.2, 0) is 16.0 Å². The number of carbonyl (C=O) groups excluding carboxylic acids is 2. The Hall–Kier alpha value is -2.73. The molecule has 5 nitrogen and oxygen atoms in total. The molecule has 2 amide bonds. The molecule has 0 aliphatic carbocycles. The van der Waals surface area contributed by atoms with Crippen LogP contribution in [0.5, 0.6) is 0 Å². The number of thiazole rings is 1. The van der Waals surface area contributed by atoms with Crippen LogP contribution < -0.4 is 10.2 Å². The molecular weight excluding hydrogens is 346 g/mol. The molecule has 4 rings (SSSR count). The number of aromatic nitrogens is 1. The van der Waals surface area contributed by atoms with Crippen LogP contribution in [0, 0.1) is 5.92 Å². The number of hydrogen-bond acceptors (Lipinski definition) is 4. The monoisotopic (exact) mass is 365 g/mol. The summed E-state index contributed by atoms with van der Waals surface area (Å²) in [4.78, 5) is 31.3. The topological polar surface area (TPSA) is 62.3 Å². The minimum Gasteiger partial charge on any atom is -0.311 e. The van der Waals surface area contributed by atoms with Crippen LogP contribution >= 0.6 is 11.3 Å². The van der Waals surface area contributed by atoms with Gasteiger partial charge in [0.1, 0.15) is 0 Å². The highest BCUT2D eigenvalue weighted by Gasteiger charge is 2.36. The minimum atomic E-state index is -0.362. The predicted octanol–water partition coefficient (Wildman–Crippen LogP) is 3.85. The van der Waals surface area contributed by atoms with E-state index in [-0.39, 0.29) is 24.2 Å². The Morgan fingerprint density at radius 2 is 2.00 bits per heavy atom. The molecule has 6 heteroatoms. The lowest BCUT2D eigenvalue weighted by molar-refractivity contribution is -0.122. The van der Waals surface area contributed by atoms with Crippen molar-refractivity contribution in [3.8, 4) is 0 Å². The number of carbonyl (C=O) groups is 2. The zero-order valence-corrected chi connectivity index (χ0v) is 15.3. The number of nitrogens with one attached hydrogen (secondary N) is 1. The zero-order chi connectivity index (χ0) is 18.1. The van der Waals surface area contributed by atoms with Gasteiger partial charge < -0.3 is 10.2 Å². The van der Waals surface area contributed by atoms with E-state index in [9.17, 15) is 9.59 Å². The van der Waals surface area contributed by atoms with Gasteiger partial charge in [-0.05, 0) is 30.2 Å². The van der Waals surface area contributed by atoms with E-state index in [1.165, 1.54) is 11.3 Å². The van der Waals surface area contributed by atoms with Crippen molar-refractivity contribution in [2.24, 2.45) is 5.92 Å². The van der Waals surface area contributed by atoms with Gasteiger partial charge >= 0.3 is 0 Å². The van der Waals surface area contributed by atoms with Crippen molar-refractivity contribution in [3.05, 3.63) is 54.1 Å². The molecule has 2 heterocycles. The molecule has 0 unspecified atom stereocenters. The highest BCUT2D eigenvalue weighted by Crippen LogP contribution is 2.30. The molecular formula is C20H19N3O2S. The summed E-state index contributed by atoms with van der Waals surface area (Å²) in [6.45, 7) is 2.48. The Labute approximate surface area is 155 Å². The van der Waals surface area contributed by atoms with E-state index in [2.05, 4.69) is 17.2 Å². The Morgan fingerprint density at radius 1 is 1.23 bits per heavy atom. The van der Waals surface area contributed by atoms with Gasteiger partial charge in [-0.15, -0.1) is 0 Å². The van der Waals surface area contributed by atoms with Gasteiger partial charge in [0.25, 0.3) is 0 Å². The Morgan fingerprint density at radius 3 is 2.81 bits per heavy atom. The third-order valence-electron chi connectivity index (χ3n) is 4.68. The molecule has 0 radical (unpaired) electrons. The number of fused-ring (bicyclic) bond motifs is 1. The van der Waals surface area contributed by atoms with Gasteiger partial charge in [-0.3, -0.25) is 9.59 Å². The quantitative estimate of drug-likeness (QED) is 0.764. The molecule has 26 heavy (non-hydrogen) atoms. The van der Waals surface area contributed by atoms with Crippen molar-refractivity contribution < 1.29 is 9.59 Å². The maximum atomic E-state index is 12.6. The molecule has 1 saturated heterocycles. The molecule has 0 bridgehead atoms. The molecule has 0 spiro atoms. The smallest absolute Gasteiger partial charge is 0.231 e. The first kappa shape index (κ1) is 16.7. The second kappa shape index (κ2) is 6.88. The fourth-order valence-electron chi connectivity index (χ4n) is 3.32. The van der Waals surface area contributed by atoms with Crippen LogP contribution in [0.25, 0.3) is 10.2 Å². The number of aryl methyl sites for hydroxylation is 1. The fraction of sp³-hybridized carbons (Fsp3) is 0.250. The van der Waals surface area contributed by atoms with Crippen molar-refractivity contribution in [1.29, 1.82) is 0 Å². The van der Waals surface area contributed by atoms with Gasteiger partial charge in [0.2, 0.25) is 11.8 Å². The molecule has 1 aliphatic rings. The maximum Gasteiger partial charge on any atom is 0.231 e. The van der Waals surface area contributed by atoms with Gasteiger partial charge in [0, 0.05) is 18.7 Å². The van der Waals surface area contributed by atoms with Gasteiger partial charge in [-0.25, -0.2) is 4.98 Å². The van der Waals surface area contributed by atoms with Crippen LogP contribution in [0.3, 0.4) is 0 Å². The highest BCUT2D eigenvalue weighted by atomic mass is 32.1. The van der Waals surface area contributed by atoms with Crippen molar-refractivity contribution >= 4 is 44.2 Å².